The molecule has 0 spiro atoms. The summed E-state index contributed by atoms with van der Waals surface area (Å²) < 4.78 is 64.8. The highest BCUT2D eigenvalue weighted by atomic mass is 19.2. The molecule has 3 aromatic rings. The van der Waals surface area contributed by atoms with Crippen molar-refractivity contribution in [3.05, 3.63) is 82.7 Å². The maximum absolute atomic E-state index is 15.1. The Morgan fingerprint density at radius 2 is 1.73 bits per heavy atom. The minimum Gasteiger partial charge on any atom is -0.359 e. The Balaban J connectivity index is 1.54. The number of hydrogen-bond donors (Lipinski definition) is 0. The molecule has 0 aliphatic carbocycles. The molecule has 2 heterocycles. The highest BCUT2D eigenvalue weighted by Crippen LogP contribution is 2.39. The van der Waals surface area contributed by atoms with Gasteiger partial charge in [0, 0.05) is 31.0 Å². The van der Waals surface area contributed by atoms with Gasteiger partial charge in [0.2, 0.25) is 5.91 Å². The first-order valence-corrected chi connectivity index (χ1v) is 12.9. The van der Waals surface area contributed by atoms with E-state index in [9.17, 15) is 18.4 Å². The minimum absolute atomic E-state index is 0.120. The second-order valence-corrected chi connectivity index (χ2v) is 11.3. The maximum atomic E-state index is 15.1. The van der Waals surface area contributed by atoms with Gasteiger partial charge < -0.3 is 9.64 Å². The maximum Gasteiger partial charge on any atom is 0.332 e. The first-order chi connectivity index (χ1) is 19.2. The Bertz CT molecular complexity index is 1530. The number of anilines is 1. The van der Waals surface area contributed by atoms with Gasteiger partial charge in [-0.15, -0.1) is 0 Å². The van der Waals surface area contributed by atoms with E-state index in [0.29, 0.717) is 17.1 Å². The third-order valence-electron chi connectivity index (χ3n) is 6.97. The monoisotopic (exact) mass is 570 g/mol. The first kappa shape index (κ1) is 29.8. The number of aromatic nitrogens is 2. The summed E-state index contributed by atoms with van der Waals surface area (Å²) >= 11 is 0. The van der Waals surface area contributed by atoms with E-state index in [0.717, 1.165) is 24.6 Å². The van der Waals surface area contributed by atoms with Crippen LogP contribution >= 0.6 is 0 Å². The molecule has 11 heteroatoms. The standard InChI is InChI=1S/C30H30F4N4O3/c1-29(2,3)11-12-41-18-37-17-21(16-35-37)30(4)15-25(39)38(28(40)36(30)5)27-23(32)13-19(14-24(27)33)9-10-20-7-6-8-22(31)26(20)34/h6-8,13-14,16-17H,11-12,15,18H2,1-5H3/t30-/m0/s1. The minimum atomic E-state index is -1.21. The lowest BCUT2D eigenvalue weighted by Gasteiger charge is -2.45. The number of hydrogen-bond acceptors (Lipinski definition) is 4. The first-order valence-electron chi connectivity index (χ1n) is 12.9. The molecule has 41 heavy (non-hydrogen) atoms. The Labute approximate surface area is 235 Å². The van der Waals surface area contributed by atoms with Crippen LogP contribution in [0.4, 0.5) is 28.0 Å². The average Bonchev–Trinajstić information content (AvgIpc) is 3.37. The number of ether oxygens (including phenoxy) is 1. The summed E-state index contributed by atoms with van der Waals surface area (Å²) in [6.45, 7) is 8.71. The molecule has 2 aromatic carbocycles. The van der Waals surface area contributed by atoms with Gasteiger partial charge >= 0.3 is 6.03 Å². The molecule has 0 unspecified atom stereocenters. The van der Waals surface area contributed by atoms with Gasteiger partial charge in [0.1, 0.15) is 12.4 Å². The summed E-state index contributed by atoms with van der Waals surface area (Å²) in [6.07, 6.45) is 3.77. The Kier molecular flexibility index (Phi) is 8.27. The van der Waals surface area contributed by atoms with E-state index < -0.39 is 46.4 Å². The fourth-order valence-corrected chi connectivity index (χ4v) is 4.32. The SMILES string of the molecule is CN1C(=O)N(c2c(F)cc(C#Cc3cccc(F)c3F)cc2F)C(=O)C[C@@]1(C)c1cnn(COCCC(C)(C)C)c1. The van der Waals surface area contributed by atoms with Crippen molar-refractivity contribution < 1.29 is 31.9 Å². The molecule has 0 saturated carbocycles. The van der Waals surface area contributed by atoms with Gasteiger partial charge in [0.25, 0.3) is 0 Å². The van der Waals surface area contributed by atoms with Crippen molar-refractivity contribution in [2.45, 2.75) is 52.8 Å². The van der Waals surface area contributed by atoms with Crippen LogP contribution in [0.5, 0.6) is 0 Å². The second-order valence-electron chi connectivity index (χ2n) is 11.3. The normalized spacial score (nSPS) is 17.6. The smallest absolute Gasteiger partial charge is 0.332 e. The van der Waals surface area contributed by atoms with E-state index in [1.54, 1.807) is 17.8 Å². The predicted molar refractivity (Wildman–Crippen MR) is 144 cm³/mol. The molecule has 0 radical (unpaired) electrons. The van der Waals surface area contributed by atoms with Gasteiger partial charge in [-0.25, -0.2) is 31.9 Å². The zero-order valence-electron chi connectivity index (χ0n) is 23.4. The fourth-order valence-electron chi connectivity index (χ4n) is 4.32. The van der Waals surface area contributed by atoms with Gasteiger partial charge in [-0.2, -0.15) is 5.10 Å². The van der Waals surface area contributed by atoms with Crippen molar-refractivity contribution in [2.24, 2.45) is 5.41 Å². The van der Waals surface area contributed by atoms with Crippen molar-refractivity contribution in [3.8, 4) is 11.8 Å². The molecule has 1 saturated heterocycles. The third kappa shape index (κ3) is 6.28. The number of carbonyl (C=O) groups excluding carboxylic acids is 2. The highest BCUT2D eigenvalue weighted by Gasteiger charge is 2.48. The van der Waals surface area contributed by atoms with E-state index in [-0.39, 0.29) is 29.7 Å². The summed E-state index contributed by atoms with van der Waals surface area (Å²) in [6, 6.07) is 4.09. The van der Waals surface area contributed by atoms with Crippen molar-refractivity contribution in [3.63, 3.8) is 0 Å². The topological polar surface area (TPSA) is 67.7 Å². The molecule has 1 fully saturated rings. The number of nitrogens with zero attached hydrogens (tertiary/aromatic N) is 4. The fraction of sp³-hybridized carbons (Fsp3) is 0.367. The quantitative estimate of drug-likeness (QED) is 0.209. The summed E-state index contributed by atoms with van der Waals surface area (Å²) in [4.78, 5) is 28.2. The lowest BCUT2D eigenvalue weighted by Crippen LogP contribution is -2.60. The van der Waals surface area contributed by atoms with Crippen LogP contribution in [-0.4, -0.2) is 40.3 Å². The molecule has 0 bridgehead atoms. The van der Waals surface area contributed by atoms with E-state index >= 15 is 8.78 Å². The second kappa shape index (κ2) is 11.4. The van der Waals surface area contributed by atoms with E-state index in [1.165, 1.54) is 30.3 Å². The van der Waals surface area contributed by atoms with Crippen LogP contribution < -0.4 is 4.90 Å². The molecule has 1 aliphatic rings. The Morgan fingerprint density at radius 3 is 2.39 bits per heavy atom. The predicted octanol–water partition coefficient (Wildman–Crippen LogP) is 5.95. The van der Waals surface area contributed by atoms with Crippen LogP contribution in [0.15, 0.2) is 42.7 Å². The molecular weight excluding hydrogens is 540 g/mol. The van der Waals surface area contributed by atoms with Crippen LogP contribution in [0.1, 0.15) is 57.2 Å². The molecule has 0 N–H and O–H groups in total. The van der Waals surface area contributed by atoms with Crippen molar-refractivity contribution in [1.29, 1.82) is 0 Å². The lowest BCUT2D eigenvalue weighted by atomic mass is 9.87. The van der Waals surface area contributed by atoms with Crippen molar-refractivity contribution in [2.75, 3.05) is 18.6 Å². The van der Waals surface area contributed by atoms with Crippen LogP contribution in [0.2, 0.25) is 0 Å². The van der Waals surface area contributed by atoms with Gasteiger partial charge in [-0.1, -0.05) is 38.7 Å². The third-order valence-corrected chi connectivity index (χ3v) is 6.97. The molecule has 216 valence electrons. The van der Waals surface area contributed by atoms with E-state index in [2.05, 4.69) is 37.7 Å². The van der Waals surface area contributed by atoms with Crippen LogP contribution in [-0.2, 0) is 21.8 Å². The number of amides is 3. The van der Waals surface area contributed by atoms with Crippen LogP contribution in [0, 0.1) is 40.5 Å². The summed E-state index contributed by atoms with van der Waals surface area (Å²) in [7, 11) is 1.43. The summed E-state index contributed by atoms with van der Waals surface area (Å²) in [5.41, 5.74) is -1.80. The molecule has 3 amide bonds. The number of urea groups is 1. The summed E-state index contributed by atoms with van der Waals surface area (Å²) in [5.74, 6) is -0.836. The van der Waals surface area contributed by atoms with Crippen LogP contribution in [0.3, 0.4) is 0 Å². The summed E-state index contributed by atoms with van der Waals surface area (Å²) in [5, 5.41) is 4.27. The van der Waals surface area contributed by atoms with E-state index in [4.69, 9.17) is 4.74 Å². The van der Waals surface area contributed by atoms with Crippen LogP contribution in [0.25, 0.3) is 0 Å². The number of benzene rings is 2. The van der Waals surface area contributed by atoms with Crippen molar-refractivity contribution in [1.82, 2.24) is 14.7 Å². The largest absolute Gasteiger partial charge is 0.359 e. The number of rotatable bonds is 6. The van der Waals surface area contributed by atoms with E-state index in [1.807, 2.05) is 0 Å². The van der Waals surface area contributed by atoms with Gasteiger partial charge in [0.15, 0.2) is 23.3 Å². The zero-order chi connectivity index (χ0) is 30.1. The molecule has 1 atom stereocenters. The molecular formula is C30H30F4N4O3. The molecule has 1 aliphatic heterocycles. The number of halogens is 4. The van der Waals surface area contributed by atoms with Gasteiger partial charge in [-0.3, -0.25) is 4.79 Å². The molecule has 7 nitrogen and oxygen atoms in total. The molecule has 4 rings (SSSR count). The molecule has 1 aromatic heterocycles. The van der Waals surface area contributed by atoms with Crippen molar-refractivity contribution >= 4 is 17.6 Å². The average molecular weight is 571 g/mol. The zero-order valence-corrected chi connectivity index (χ0v) is 23.4. The Hall–Kier alpha value is -4.17. The van der Waals surface area contributed by atoms with Gasteiger partial charge in [0.05, 0.1) is 23.7 Å². The Morgan fingerprint density at radius 1 is 1.05 bits per heavy atom. The highest BCUT2D eigenvalue weighted by molar-refractivity contribution is 6.16. The van der Waals surface area contributed by atoms with Gasteiger partial charge in [-0.05, 0) is 43.0 Å². The lowest BCUT2D eigenvalue weighted by molar-refractivity contribution is -0.122. The number of imide groups is 1. The number of carbonyl (C=O) groups is 2.